The molecule has 0 heterocycles. The Morgan fingerprint density at radius 2 is 1.86 bits per heavy atom. The Bertz CT molecular complexity index is 782. The summed E-state index contributed by atoms with van der Waals surface area (Å²) in [5, 5.41) is 0.243. The molecule has 0 bridgehead atoms. The first kappa shape index (κ1) is 16.1. The minimum Gasteiger partial charge on any atom is -0.277 e. The molecule has 112 valence electrons. The van der Waals surface area contributed by atoms with Crippen LogP contribution in [0.3, 0.4) is 0 Å². The standard InChI is InChI=1S/C13H10ClF2NO2S2/c1-20-12-5-2-8(14)6-13(12)21(18,19)17-11-4-3-9(15)7-10(11)16/h2-7,17H,1H3. The topological polar surface area (TPSA) is 46.2 Å². The molecule has 0 radical (unpaired) electrons. The third kappa shape index (κ3) is 3.66. The summed E-state index contributed by atoms with van der Waals surface area (Å²) in [7, 11) is -4.03. The van der Waals surface area contributed by atoms with Gasteiger partial charge in [0.25, 0.3) is 10.0 Å². The fraction of sp³-hybridized carbons (Fsp3) is 0.0769. The number of thioether (sulfide) groups is 1. The lowest BCUT2D eigenvalue weighted by molar-refractivity contribution is 0.582. The molecular formula is C13H10ClF2NO2S2. The van der Waals surface area contributed by atoms with Crippen LogP contribution < -0.4 is 4.72 Å². The van der Waals surface area contributed by atoms with E-state index in [9.17, 15) is 17.2 Å². The highest BCUT2D eigenvalue weighted by Crippen LogP contribution is 2.29. The quantitative estimate of drug-likeness (QED) is 0.844. The maximum absolute atomic E-state index is 13.6. The van der Waals surface area contributed by atoms with Crippen LogP contribution in [0.5, 0.6) is 0 Å². The van der Waals surface area contributed by atoms with Gasteiger partial charge in [-0.15, -0.1) is 11.8 Å². The van der Waals surface area contributed by atoms with E-state index >= 15 is 0 Å². The van der Waals surface area contributed by atoms with Crippen LogP contribution >= 0.6 is 23.4 Å². The molecule has 21 heavy (non-hydrogen) atoms. The zero-order valence-corrected chi connectivity index (χ0v) is 13.1. The van der Waals surface area contributed by atoms with Gasteiger partial charge in [-0.05, 0) is 36.6 Å². The number of sulfonamides is 1. The number of benzene rings is 2. The van der Waals surface area contributed by atoms with E-state index in [2.05, 4.69) is 4.72 Å². The van der Waals surface area contributed by atoms with Crippen molar-refractivity contribution < 1.29 is 17.2 Å². The van der Waals surface area contributed by atoms with Crippen LogP contribution in [0.15, 0.2) is 46.2 Å². The molecule has 0 spiro atoms. The first-order valence-corrected chi connectivity index (χ1v) is 8.73. The molecule has 2 aromatic carbocycles. The number of hydrogen-bond acceptors (Lipinski definition) is 3. The molecule has 2 rings (SSSR count). The molecular weight excluding hydrogens is 340 g/mol. The first-order chi connectivity index (χ1) is 9.83. The summed E-state index contributed by atoms with van der Waals surface area (Å²) < 4.78 is 53.1. The summed E-state index contributed by atoms with van der Waals surface area (Å²) in [5.41, 5.74) is -0.330. The largest absolute Gasteiger partial charge is 0.277 e. The van der Waals surface area contributed by atoms with Gasteiger partial charge in [0.05, 0.1) is 5.69 Å². The van der Waals surface area contributed by atoms with Gasteiger partial charge in [0.2, 0.25) is 0 Å². The van der Waals surface area contributed by atoms with Crippen LogP contribution in [-0.4, -0.2) is 14.7 Å². The lowest BCUT2D eigenvalue weighted by Gasteiger charge is -2.12. The Morgan fingerprint density at radius 1 is 1.14 bits per heavy atom. The van der Waals surface area contributed by atoms with Crippen LogP contribution in [-0.2, 0) is 10.0 Å². The lowest BCUT2D eigenvalue weighted by Crippen LogP contribution is -2.15. The number of anilines is 1. The van der Waals surface area contributed by atoms with Gasteiger partial charge < -0.3 is 0 Å². The SMILES string of the molecule is CSc1ccc(Cl)cc1S(=O)(=O)Nc1ccc(F)cc1F. The van der Waals surface area contributed by atoms with E-state index in [1.807, 2.05) is 0 Å². The van der Waals surface area contributed by atoms with Crippen LogP contribution in [0.25, 0.3) is 0 Å². The number of halogens is 3. The molecule has 0 aromatic heterocycles. The Kier molecular flexibility index (Phi) is 4.75. The maximum atomic E-state index is 13.6. The third-order valence-corrected chi connectivity index (χ3v) is 5.16. The third-order valence-electron chi connectivity index (χ3n) is 2.59. The smallest absolute Gasteiger partial charge is 0.263 e. The van der Waals surface area contributed by atoms with Crippen molar-refractivity contribution in [3.05, 3.63) is 53.1 Å². The predicted molar refractivity (Wildman–Crippen MR) is 80.4 cm³/mol. The van der Waals surface area contributed by atoms with Gasteiger partial charge in [0.1, 0.15) is 16.5 Å². The highest BCUT2D eigenvalue weighted by atomic mass is 35.5. The molecule has 0 amide bonds. The van der Waals surface area contributed by atoms with Gasteiger partial charge in [0.15, 0.2) is 0 Å². The molecule has 8 heteroatoms. The predicted octanol–water partition coefficient (Wildman–Crippen LogP) is 4.14. The number of rotatable bonds is 4. The van der Waals surface area contributed by atoms with Crippen LogP contribution in [0.4, 0.5) is 14.5 Å². The molecule has 0 unspecified atom stereocenters. The van der Waals surface area contributed by atoms with E-state index in [0.717, 1.165) is 12.1 Å². The second-order valence-electron chi connectivity index (χ2n) is 4.02. The maximum Gasteiger partial charge on any atom is 0.263 e. The lowest BCUT2D eigenvalue weighted by atomic mass is 10.3. The molecule has 3 nitrogen and oxygen atoms in total. The normalized spacial score (nSPS) is 11.4. The highest BCUT2D eigenvalue weighted by molar-refractivity contribution is 7.99. The minimum absolute atomic E-state index is 0.0637. The Morgan fingerprint density at radius 3 is 2.48 bits per heavy atom. The molecule has 0 saturated heterocycles. The average molecular weight is 350 g/mol. The summed E-state index contributed by atoms with van der Waals surface area (Å²) in [5.74, 6) is -1.78. The fourth-order valence-corrected chi connectivity index (χ4v) is 4.09. The molecule has 0 fully saturated rings. The second kappa shape index (κ2) is 6.21. The zero-order valence-electron chi connectivity index (χ0n) is 10.7. The van der Waals surface area contributed by atoms with Crippen LogP contribution in [0.2, 0.25) is 5.02 Å². The molecule has 0 saturated carbocycles. The van der Waals surface area contributed by atoms with E-state index < -0.39 is 21.7 Å². The number of nitrogens with one attached hydrogen (secondary N) is 1. The van der Waals surface area contributed by atoms with Gasteiger partial charge in [-0.25, -0.2) is 17.2 Å². The van der Waals surface area contributed by atoms with Crippen molar-refractivity contribution in [2.24, 2.45) is 0 Å². The van der Waals surface area contributed by atoms with Crippen LogP contribution in [0, 0.1) is 11.6 Å². The van der Waals surface area contributed by atoms with E-state index in [-0.39, 0.29) is 15.6 Å². The Labute approximate surface area is 130 Å². The molecule has 2 aromatic rings. The molecule has 0 aliphatic rings. The first-order valence-electron chi connectivity index (χ1n) is 5.65. The van der Waals surface area contributed by atoms with Gasteiger partial charge in [-0.3, -0.25) is 4.72 Å². The van der Waals surface area contributed by atoms with Crippen molar-refractivity contribution in [1.82, 2.24) is 0 Å². The van der Waals surface area contributed by atoms with Gasteiger partial charge in [0, 0.05) is 16.0 Å². The summed E-state index contributed by atoms with van der Waals surface area (Å²) in [6.07, 6.45) is 1.71. The van der Waals surface area contributed by atoms with Crippen molar-refractivity contribution in [3.8, 4) is 0 Å². The summed E-state index contributed by atoms with van der Waals surface area (Å²) in [4.78, 5) is 0.403. The summed E-state index contributed by atoms with van der Waals surface area (Å²) in [6.45, 7) is 0. The van der Waals surface area contributed by atoms with Crippen molar-refractivity contribution in [3.63, 3.8) is 0 Å². The van der Waals surface area contributed by atoms with Gasteiger partial charge in [-0.1, -0.05) is 11.6 Å². The van der Waals surface area contributed by atoms with E-state index in [4.69, 9.17) is 11.6 Å². The minimum atomic E-state index is -4.03. The van der Waals surface area contributed by atoms with Crippen molar-refractivity contribution >= 4 is 39.1 Å². The van der Waals surface area contributed by atoms with Crippen molar-refractivity contribution in [2.75, 3.05) is 11.0 Å². The summed E-state index contributed by atoms with van der Waals surface area (Å²) in [6, 6.07) is 6.98. The zero-order chi connectivity index (χ0) is 15.6. The second-order valence-corrected chi connectivity index (χ2v) is 6.96. The average Bonchev–Trinajstić information content (AvgIpc) is 2.42. The molecule has 0 atom stereocenters. The Hall–Kier alpha value is -1.31. The van der Waals surface area contributed by atoms with E-state index in [0.29, 0.717) is 11.0 Å². The molecule has 0 aliphatic heterocycles. The van der Waals surface area contributed by atoms with Crippen LogP contribution in [0.1, 0.15) is 0 Å². The van der Waals surface area contributed by atoms with Gasteiger partial charge in [-0.2, -0.15) is 0 Å². The summed E-state index contributed by atoms with van der Waals surface area (Å²) >= 11 is 7.03. The van der Waals surface area contributed by atoms with Crippen molar-refractivity contribution in [1.29, 1.82) is 0 Å². The van der Waals surface area contributed by atoms with Crippen molar-refractivity contribution in [2.45, 2.75) is 9.79 Å². The monoisotopic (exact) mass is 349 g/mol. The highest BCUT2D eigenvalue weighted by Gasteiger charge is 2.20. The Balaban J connectivity index is 2.45. The fourth-order valence-electron chi connectivity index (χ4n) is 1.63. The van der Waals surface area contributed by atoms with E-state index in [1.165, 1.54) is 17.8 Å². The molecule has 0 aliphatic carbocycles. The molecule has 1 N–H and O–H groups in total. The van der Waals surface area contributed by atoms with E-state index in [1.54, 1.807) is 18.4 Å². The van der Waals surface area contributed by atoms with Gasteiger partial charge >= 0.3 is 0 Å². The number of hydrogen-bond donors (Lipinski definition) is 1.